The third kappa shape index (κ3) is 3.57. The monoisotopic (exact) mass is 402 g/mol. The van der Waals surface area contributed by atoms with E-state index in [0.29, 0.717) is 17.1 Å². The SMILES string of the molecule is COc1ccc(-c2ccnc3cc(C(=O)Nc4ccc(C)c(C)c4)nn23)cc1OC. The van der Waals surface area contributed by atoms with E-state index < -0.39 is 0 Å². The Morgan fingerprint density at radius 3 is 2.47 bits per heavy atom. The average molecular weight is 402 g/mol. The summed E-state index contributed by atoms with van der Waals surface area (Å²) in [7, 11) is 3.18. The first-order valence-electron chi connectivity index (χ1n) is 9.46. The van der Waals surface area contributed by atoms with E-state index in [-0.39, 0.29) is 11.6 Å². The van der Waals surface area contributed by atoms with Crippen molar-refractivity contribution in [2.75, 3.05) is 19.5 Å². The molecule has 7 heteroatoms. The highest BCUT2D eigenvalue weighted by Crippen LogP contribution is 2.32. The molecule has 152 valence electrons. The minimum atomic E-state index is -0.290. The van der Waals surface area contributed by atoms with Crippen LogP contribution < -0.4 is 14.8 Å². The average Bonchev–Trinajstić information content (AvgIpc) is 3.20. The number of benzene rings is 2. The molecule has 1 amide bonds. The van der Waals surface area contributed by atoms with E-state index in [0.717, 1.165) is 22.5 Å². The van der Waals surface area contributed by atoms with Gasteiger partial charge in [-0.25, -0.2) is 9.50 Å². The van der Waals surface area contributed by atoms with E-state index in [4.69, 9.17) is 9.47 Å². The zero-order valence-corrected chi connectivity index (χ0v) is 17.3. The molecule has 0 fully saturated rings. The molecule has 0 saturated heterocycles. The van der Waals surface area contributed by atoms with Crippen molar-refractivity contribution in [1.82, 2.24) is 14.6 Å². The molecule has 1 N–H and O–H groups in total. The van der Waals surface area contributed by atoms with Gasteiger partial charge in [0.15, 0.2) is 22.8 Å². The second kappa shape index (κ2) is 7.87. The quantitative estimate of drug-likeness (QED) is 0.539. The summed E-state index contributed by atoms with van der Waals surface area (Å²) in [5.74, 6) is 0.960. The molecule has 2 aromatic heterocycles. The Morgan fingerprint density at radius 2 is 1.73 bits per heavy atom. The number of carbonyl (C=O) groups excluding carboxylic acids is 1. The molecule has 4 aromatic rings. The summed E-state index contributed by atoms with van der Waals surface area (Å²) in [6.45, 7) is 4.04. The maximum atomic E-state index is 12.8. The normalized spacial score (nSPS) is 10.8. The van der Waals surface area contributed by atoms with Crippen molar-refractivity contribution in [2.24, 2.45) is 0 Å². The van der Waals surface area contributed by atoms with Crippen molar-refractivity contribution in [3.8, 4) is 22.8 Å². The molecular formula is C23H22N4O3. The fraction of sp³-hybridized carbons (Fsp3) is 0.174. The van der Waals surface area contributed by atoms with Crippen LogP contribution in [-0.2, 0) is 0 Å². The van der Waals surface area contributed by atoms with Crippen LogP contribution in [0, 0.1) is 13.8 Å². The van der Waals surface area contributed by atoms with Crippen molar-refractivity contribution in [1.29, 1.82) is 0 Å². The molecule has 2 aromatic carbocycles. The number of aryl methyl sites for hydroxylation is 2. The van der Waals surface area contributed by atoms with Gasteiger partial charge in [-0.15, -0.1) is 0 Å². The number of methoxy groups -OCH3 is 2. The Hall–Kier alpha value is -3.87. The second-order valence-electron chi connectivity index (χ2n) is 6.95. The van der Waals surface area contributed by atoms with Crippen LogP contribution in [-0.4, -0.2) is 34.7 Å². The van der Waals surface area contributed by atoms with Crippen molar-refractivity contribution in [3.05, 3.63) is 71.5 Å². The lowest BCUT2D eigenvalue weighted by Crippen LogP contribution is -2.13. The standard InChI is InChI=1S/C23H22N4O3/c1-14-5-7-17(11-15(14)2)25-23(28)18-13-22-24-10-9-19(27(22)26-18)16-6-8-20(29-3)21(12-16)30-4/h5-13H,1-4H3,(H,25,28). The molecule has 0 unspecified atom stereocenters. The zero-order valence-electron chi connectivity index (χ0n) is 17.3. The summed E-state index contributed by atoms with van der Waals surface area (Å²) in [5, 5.41) is 7.39. The van der Waals surface area contributed by atoms with Gasteiger partial charge in [-0.05, 0) is 61.4 Å². The van der Waals surface area contributed by atoms with E-state index in [1.54, 1.807) is 31.0 Å². The van der Waals surface area contributed by atoms with Crippen molar-refractivity contribution in [2.45, 2.75) is 13.8 Å². The summed E-state index contributed by atoms with van der Waals surface area (Å²) < 4.78 is 12.4. The van der Waals surface area contributed by atoms with Gasteiger partial charge in [0.05, 0.1) is 19.9 Å². The summed E-state index contributed by atoms with van der Waals surface area (Å²) in [6, 6.07) is 14.9. The number of nitrogens with zero attached hydrogens (tertiary/aromatic N) is 3. The molecule has 4 rings (SSSR count). The number of ether oxygens (including phenoxy) is 2. The number of nitrogens with one attached hydrogen (secondary N) is 1. The largest absolute Gasteiger partial charge is 0.493 e. The number of aromatic nitrogens is 3. The summed E-state index contributed by atoms with van der Waals surface area (Å²) in [5.41, 5.74) is 5.52. The van der Waals surface area contributed by atoms with Gasteiger partial charge in [-0.3, -0.25) is 4.79 Å². The van der Waals surface area contributed by atoms with Gasteiger partial charge in [0, 0.05) is 23.5 Å². The number of hydrogen-bond acceptors (Lipinski definition) is 5. The van der Waals surface area contributed by atoms with E-state index in [2.05, 4.69) is 15.4 Å². The van der Waals surface area contributed by atoms with Crippen LogP contribution in [0.3, 0.4) is 0 Å². The fourth-order valence-electron chi connectivity index (χ4n) is 3.23. The van der Waals surface area contributed by atoms with Gasteiger partial charge in [0.1, 0.15) is 0 Å². The zero-order chi connectivity index (χ0) is 21.3. The molecule has 0 aliphatic heterocycles. The van der Waals surface area contributed by atoms with Gasteiger partial charge in [-0.2, -0.15) is 5.10 Å². The number of hydrogen-bond donors (Lipinski definition) is 1. The lowest BCUT2D eigenvalue weighted by Gasteiger charge is -2.10. The molecule has 0 aliphatic rings. The first-order chi connectivity index (χ1) is 14.5. The van der Waals surface area contributed by atoms with Gasteiger partial charge in [0.25, 0.3) is 5.91 Å². The number of rotatable bonds is 5. The van der Waals surface area contributed by atoms with Crippen LogP contribution in [0.1, 0.15) is 21.6 Å². The maximum absolute atomic E-state index is 12.8. The summed E-state index contributed by atoms with van der Waals surface area (Å²) >= 11 is 0. The first-order valence-corrected chi connectivity index (χ1v) is 9.46. The number of carbonyl (C=O) groups is 1. The molecule has 0 radical (unpaired) electrons. The van der Waals surface area contributed by atoms with Crippen molar-refractivity contribution < 1.29 is 14.3 Å². The predicted octanol–water partition coefficient (Wildman–Crippen LogP) is 4.28. The first kappa shape index (κ1) is 19.4. The molecule has 0 spiro atoms. The topological polar surface area (TPSA) is 77.8 Å². The molecule has 0 atom stereocenters. The van der Waals surface area contributed by atoms with Gasteiger partial charge in [-0.1, -0.05) is 6.07 Å². The number of amides is 1. The maximum Gasteiger partial charge on any atom is 0.276 e. The molecule has 30 heavy (non-hydrogen) atoms. The fourth-order valence-corrected chi connectivity index (χ4v) is 3.23. The molecule has 0 saturated carbocycles. The summed E-state index contributed by atoms with van der Waals surface area (Å²) in [4.78, 5) is 17.1. The number of anilines is 1. The summed E-state index contributed by atoms with van der Waals surface area (Å²) in [6.07, 6.45) is 1.69. The van der Waals surface area contributed by atoms with Crippen LogP contribution >= 0.6 is 0 Å². The van der Waals surface area contributed by atoms with Crippen LogP contribution in [0.25, 0.3) is 16.9 Å². The molecular weight excluding hydrogens is 380 g/mol. The van der Waals surface area contributed by atoms with Crippen molar-refractivity contribution in [3.63, 3.8) is 0 Å². The highest BCUT2D eigenvalue weighted by molar-refractivity contribution is 6.03. The molecule has 0 bridgehead atoms. The van der Waals surface area contributed by atoms with Gasteiger partial charge < -0.3 is 14.8 Å². The Labute approximate surface area is 174 Å². The molecule has 0 aliphatic carbocycles. The minimum Gasteiger partial charge on any atom is -0.493 e. The smallest absolute Gasteiger partial charge is 0.276 e. The van der Waals surface area contributed by atoms with Crippen LogP contribution in [0.4, 0.5) is 5.69 Å². The highest BCUT2D eigenvalue weighted by Gasteiger charge is 2.15. The Balaban J connectivity index is 1.70. The van der Waals surface area contributed by atoms with E-state index in [1.165, 1.54) is 5.56 Å². The van der Waals surface area contributed by atoms with Crippen molar-refractivity contribution >= 4 is 17.2 Å². The second-order valence-corrected chi connectivity index (χ2v) is 6.95. The third-order valence-corrected chi connectivity index (χ3v) is 5.03. The van der Waals surface area contributed by atoms with Gasteiger partial charge >= 0.3 is 0 Å². The Bertz CT molecular complexity index is 1250. The number of fused-ring (bicyclic) bond motifs is 1. The highest BCUT2D eigenvalue weighted by atomic mass is 16.5. The minimum absolute atomic E-state index is 0.286. The van der Waals surface area contributed by atoms with E-state index in [9.17, 15) is 4.79 Å². The lowest BCUT2D eigenvalue weighted by atomic mass is 10.1. The lowest BCUT2D eigenvalue weighted by molar-refractivity contribution is 0.102. The van der Waals surface area contributed by atoms with E-state index >= 15 is 0 Å². The third-order valence-electron chi connectivity index (χ3n) is 5.03. The van der Waals surface area contributed by atoms with Crippen LogP contribution in [0.5, 0.6) is 11.5 Å². The molecule has 7 nitrogen and oxygen atoms in total. The van der Waals surface area contributed by atoms with Gasteiger partial charge in [0.2, 0.25) is 0 Å². The van der Waals surface area contributed by atoms with Crippen LogP contribution in [0.15, 0.2) is 54.7 Å². The van der Waals surface area contributed by atoms with Crippen LogP contribution in [0.2, 0.25) is 0 Å². The Kier molecular flexibility index (Phi) is 5.10. The predicted molar refractivity (Wildman–Crippen MR) is 115 cm³/mol. The molecule has 2 heterocycles. The Morgan fingerprint density at radius 1 is 0.933 bits per heavy atom. The van der Waals surface area contributed by atoms with E-state index in [1.807, 2.05) is 56.3 Å².